The molecular weight excluding hydrogens is 1900 g/mol. The molecule has 0 saturated heterocycles. The van der Waals surface area contributed by atoms with Gasteiger partial charge in [0.05, 0.1) is 57.8 Å². The molecule has 4 aliphatic rings. The van der Waals surface area contributed by atoms with Crippen molar-refractivity contribution in [1.82, 2.24) is 21.3 Å². The van der Waals surface area contributed by atoms with E-state index in [9.17, 15) is 47.9 Å². The Morgan fingerprint density at radius 2 is 0.743 bits per heavy atom. The highest BCUT2D eigenvalue weighted by Crippen LogP contribution is 2.53. The molecule has 33 nitrogen and oxygen atoms in total. The summed E-state index contributed by atoms with van der Waals surface area (Å²) in [5, 5.41) is 12.1. The molecule has 4 N–H and O–H groups in total. The summed E-state index contributed by atoms with van der Waals surface area (Å²) in [6.07, 6.45) is 9.81. The molecule has 10 unspecified atom stereocenters. The first-order valence-electron chi connectivity index (χ1n) is 50.9. The highest BCUT2D eigenvalue weighted by Gasteiger charge is 2.49. The third-order valence-electron chi connectivity index (χ3n) is 25.0. The van der Waals surface area contributed by atoms with Crippen LogP contribution in [0, 0.1) is 60.6 Å². The average Bonchev–Trinajstić information content (AvgIpc) is 0.802. The molecule has 10 atom stereocenters. The van der Waals surface area contributed by atoms with Gasteiger partial charge in [0.2, 0.25) is 0 Å². The molecule has 39 heteroatoms. The summed E-state index contributed by atoms with van der Waals surface area (Å²) in [4.78, 5) is 132. The number of rotatable bonds is 63. The second-order valence-corrected chi connectivity index (χ2v) is 74.9. The van der Waals surface area contributed by atoms with Crippen LogP contribution in [0.1, 0.15) is 238 Å². The number of carbonyl (C=O) groups excluding carboxylic acids is 10. The number of amides is 4. The van der Waals surface area contributed by atoms with Gasteiger partial charge in [-0.05, 0) is 282 Å². The molecular formula is C101H186N4O29Si6. The SMILES string of the molecule is C=CC(=C)OCCOC(=O)NCC1(C)CC(CC(=O)OCCCOC(=O)OCCCOC(=O)CCC2(C)CC(NC(=O)OCC(COCCC[Si](C)(O[Si](C)(C)C)O[Si](C)(C)C)(COCCC[Si](C)(O[Si](C)(C)C)O[Si](C)(C)C)COC(=O)NC3CC(C)(C)CC(C)(CCC(=O)OC(C)COC(C)COC(=O)CC4CC(C)(C)CC(C)(CNC(=O)OCCOC(=O)C=C)C4)C3)CC(C)(C)C2)CC(C)(C)C1. The Balaban J connectivity index is 1.40. The number of alkyl carbamates (subject to hydrolysis) is 4. The van der Waals surface area contributed by atoms with Crippen molar-refractivity contribution >= 4 is 111 Å². The third kappa shape index (κ3) is 55.3. The van der Waals surface area contributed by atoms with Crippen LogP contribution in [0.4, 0.5) is 24.0 Å². The lowest BCUT2D eigenvalue weighted by Gasteiger charge is -2.47. The van der Waals surface area contributed by atoms with Crippen LogP contribution in [0.5, 0.6) is 0 Å². The van der Waals surface area contributed by atoms with Gasteiger partial charge in [0.1, 0.15) is 58.1 Å². The largest absolute Gasteiger partial charge is 0.508 e. The summed E-state index contributed by atoms with van der Waals surface area (Å²) >= 11 is 0. The lowest BCUT2D eigenvalue weighted by molar-refractivity contribution is -0.156. The molecule has 4 fully saturated rings. The normalized spacial score (nSPS) is 22.9. The molecule has 4 rings (SSSR count). The molecule has 0 aromatic heterocycles. The van der Waals surface area contributed by atoms with Crippen LogP contribution in [0.3, 0.4) is 0 Å². The predicted molar refractivity (Wildman–Crippen MR) is 554 cm³/mol. The number of nitrogens with one attached hydrogen (secondary N) is 4. The molecule has 808 valence electrons. The number of hydrogen-bond donors (Lipinski definition) is 4. The number of hydrogen-bond acceptors (Lipinski definition) is 29. The number of esters is 5. The van der Waals surface area contributed by atoms with Gasteiger partial charge < -0.3 is 109 Å². The van der Waals surface area contributed by atoms with Crippen molar-refractivity contribution in [3.05, 3.63) is 37.6 Å². The molecule has 4 amide bonds. The van der Waals surface area contributed by atoms with Crippen molar-refractivity contribution in [3.8, 4) is 0 Å². The molecule has 4 aliphatic carbocycles. The molecule has 0 heterocycles. The summed E-state index contributed by atoms with van der Waals surface area (Å²) in [6.45, 7) is 71.0. The fourth-order valence-electron chi connectivity index (χ4n) is 22.2. The van der Waals surface area contributed by atoms with E-state index in [0.29, 0.717) is 108 Å². The second-order valence-electron chi connectivity index (χ2n) is 49.2. The van der Waals surface area contributed by atoms with Crippen LogP contribution in [0.15, 0.2) is 37.6 Å². The zero-order valence-electron chi connectivity index (χ0n) is 91.3. The lowest BCUT2D eigenvalue weighted by atomic mass is 9.60. The third-order valence-corrected chi connectivity index (χ3v) is 44.2. The summed E-state index contributed by atoms with van der Waals surface area (Å²) in [5.74, 6) is -1.69. The highest BCUT2D eigenvalue weighted by atomic mass is 28.5. The van der Waals surface area contributed by atoms with Crippen LogP contribution < -0.4 is 21.3 Å². The minimum Gasteiger partial charge on any atom is -0.491 e. The van der Waals surface area contributed by atoms with E-state index in [2.05, 4.69) is 216 Å². The zero-order valence-corrected chi connectivity index (χ0v) is 97.3. The van der Waals surface area contributed by atoms with E-state index in [0.717, 1.165) is 44.6 Å². The Morgan fingerprint density at radius 3 is 1.15 bits per heavy atom. The topological polar surface area (TPSA) is 394 Å². The summed E-state index contributed by atoms with van der Waals surface area (Å²) in [5.41, 5.74) is -3.38. The molecule has 140 heavy (non-hydrogen) atoms. The maximum atomic E-state index is 14.7. The van der Waals surface area contributed by atoms with Crippen molar-refractivity contribution in [1.29, 1.82) is 0 Å². The monoisotopic (exact) mass is 2090 g/mol. The van der Waals surface area contributed by atoms with Crippen molar-refractivity contribution in [2.75, 3.05) is 119 Å². The smallest absolute Gasteiger partial charge is 0.491 e. The van der Waals surface area contributed by atoms with Crippen LogP contribution in [0.25, 0.3) is 0 Å². The standard InChI is InChI=1S/C101H186N4O29Si6/c1-32-76(3)118-48-50-122-88(111)102-70-99(16)58-79(56-93(6,7)68-99)54-86(109)120-45-35-47-125-92(115)124-46-34-44-119-84(107)38-40-97(14)62-81(60-95(10,11)66-97)104-90(113)128-74-101(72-116-42-36-52-139(30,131-135(18,19)20)132-136(21,22)23,73-117-43-37-53-140(31,133-137(24,25)26)134-138(27,28)29)75-129-91(114)105-82-61-96(12,13)67-98(15,63-82)41-39-85(108)130-78(5)65-126-77(4)64-127-87(110)55-80-57-94(8,9)69-100(17,59-80)71-103-89(112)123-51-49-121-83(106)33-2/h32-33,77-82H,1-3,34-75H2,4-31H3,(H,102,111)(H,103,112)(H,104,113)(H,105,114). The van der Waals surface area contributed by atoms with Crippen molar-refractivity contribution in [2.45, 2.75) is 366 Å². The van der Waals surface area contributed by atoms with Crippen LogP contribution in [-0.4, -0.2) is 254 Å². The first-order chi connectivity index (χ1) is 64.5. The van der Waals surface area contributed by atoms with Crippen LogP contribution in [0.2, 0.25) is 104 Å². The van der Waals surface area contributed by atoms with Gasteiger partial charge in [-0.25, -0.2) is 28.8 Å². The van der Waals surface area contributed by atoms with Crippen molar-refractivity contribution in [3.63, 3.8) is 0 Å². The van der Waals surface area contributed by atoms with Gasteiger partial charge in [0, 0.05) is 83.0 Å². The van der Waals surface area contributed by atoms with Crippen molar-refractivity contribution < 1.29 is 135 Å². The van der Waals surface area contributed by atoms with Crippen molar-refractivity contribution in [2.24, 2.45) is 60.6 Å². The van der Waals surface area contributed by atoms with Gasteiger partial charge in [-0.3, -0.25) is 19.2 Å². The highest BCUT2D eigenvalue weighted by molar-refractivity contribution is 6.88. The summed E-state index contributed by atoms with van der Waals surface area (Å²) < 4.78 is 114. The fraction of sp³-hybridized carbons (Fsp3) is 0.842. The van der Waals surface area contributed by atoms with Gasteiger partial charge in [0.25, 0.3) is 0 Å². The van der Waals surface area contributed by atoms with E-state index in [4.69, 9.17) is 87.5 Å². The molecule has 0 radical (unpaired) electrons. The van der Waals surface area contributed by atoms with Gasteiger partial charge in [0.15, 0.2) is 33.3 Å². The van der Waals surface area contributed by atoms with E-state index < -0.39 is 127 Å². The first-order valence-corrected chi connectivity index (χ1v) is 69.6. The maximum absolute atomic E-state index is 14.7. The van der Waals surface area contributed by atoms with E-state index in [1.165, 1.54) is 6.08 Å². The molecule has 0 aromatic rings. The molecule has 0 aliphatic heterocycles. The average molecular weight is 2090 g/mol. The zero-order chi connectivity index (χ0) is 106. The predicted octanol–water partition coefficient (Wildman–Crippen LogP) is 20.8. The quantitative estimate of drug-likeness (QED) is 0.00835. The fourth-order valence-corrected chi connectivity index (χ4v) is 47.2. The number of ether oxygens (including phenoxy) is 15. The van der Waals surface area contributed by atoms with Gasteiger partial charge in [-0.2, -0.15) is 0 Å². The van der Waals surface area contributed by atoms with Gasteiger partial charge in [-0.15, -0.1) is 0 Å². The second kappa shape index (κ2) is 56.6. The molecule has 0 aromatic carbocycles. The Hall–Kier alpha value is -6.26. The van der Waals surface area contributed by atoms with E-state index in [1.807, 2.05) is 0 Å². The Kier molecular flexibility index (Phi) is 51.0. The van der Waals surface area contributed by atoms with Crippen LogP contribution >= 0.6 is 0 Å². The molecule has 4 saturated carbocycles. The first kappa shape index (κ1) is 126. The van der Waals surface area contributed by atoms with Crippen LogP contribution in [-0.2, 0) is 111 Å². The summed E-state index contributed by atoms with van der Waals surface area (Å²) in [7, 11) is -13.6. The Labute approximate surface area is 845 Å². The number of allylic oxidation sites excluding steroid dienone is 1. The summed E-state index contributed by atoms with van der Waals surface area (Å²) in [6, 6.07) is 0.641. The Morgan fingerprint density at radius 1 is 0.371 bits per heavy atom. The van der Waals surface area contributed by atoms with Gasteiger partial charge >= 0.3 is 77.5 Å². The van der Waals surface area contributed by atoms with E-state index in [1.54, 1.807) is 13.8 Å². The minimum absolute atomic E-state index is 0.00438. The van der Waals surface area contributed by atoms with Gasteiger partial charge in [-0.1, -0.05) is 103 Å². The Bertz CT molecular complexity index is 3860. The lowest BCUT2D eigenvalue weighted by Crippen LogP contribution is -2.52. The molecule has 0 bridgehead atoms. The maximum Gasteiger partial charge on any atom is 0.508 e. The van der Waals surface area contributed by atoms with E-state index >= 15 is 0 Å². The molecule has 0 spiro atoms. The van der Waals surface area contributed by atoms with E-state index in [-0.39, 0.29) is 199 Å². The minimum atomic E-state index is -2.69. The number of carbonyl (C=O) groups is 10.